The van der Waals surface area contributed by atoms with E-state index >= 15 is 0 Å². The molecule has 1 unspecified atom stereocenters. The van der Waals surface area contributed by atoms with Crippen LogP contribution >= 0.6 is 12.6 Å². The molecule has 0 amide bonds. The normalized spacial score (nSPS) is 12.9. The van der Waals surface area contributed by atoms with Crippen molar-refractivity contribution >= 4 is 18.6 Å². The van der Waals surface area contributed by atoms with E-state index in [4.69, 9.17) is 4.74 Å². The van der Waals surface area contributed by atoms with Crippen molar-refractivity contribution in [2.24, 2.45) is 5.92 Å². The molecule has 15 heavy (non-hydrogen) atoms. The first-order chi connectivity index (χ1) is 7.09. The van der Waals surface area contributed by atoms with E-state index in [-0.39, 0.29) is 17.1 Å². The molecule has 0 fully saturated rings. The second-order valence-corrected chi connectivity index (χ2v) is 4.83. The van der Waals surface area contributed by atoms with E-state index in [1.807, 2.05) is 13.8 Å². The molecule has 90 valence electrons. The highest BCUT2D eigenvalue weighted by Crippen LogP contribution is 2.11. The van der Waals surface area contributed by atoms with E-state index in [1.54, 1.807) is 0 Å². The standard InChI is InChI=1S/C12H24O2S/c1-4-5-6-7-8-9-14-12(13)11(15)10(2)3/h10-11,15H,4-9H2,1-3H3. The molecule has 0 heterocycles. The minimum atomic E-state index is -0.277. The summed E-state index contributed by atoms with van der Waals surface area (Å²) in [5.74, 6) is 0.0600. The molecule has 2 nitrogen and oxygen atoms in total. The summed E-state index contributed by atoms with van der Waals surface area (Å²) in [5.41, 5.74) is 0. The minimum absolute atomic E-state index is 0.177. The average molecular weight is 232 g/mol. The maximum absolute atomic E-state index is 11.4. The number of hydrogen-bond donors (Lipinski definition) is 1. The zero-order valence-corrected chi connectivity index (χ0v) is 11.1. The van der Waals surface area contributed by atoms with Gasteiger partial charge in [-0.3, -0.25) is 4.79 Å². The lowest BCUT2D eigenvalue weighted by atomic mass is 10.1. The maximum Gasteiger partial charge on any atom is 0.319 e. The van der Waals surface area contributed by atoms with Crippen LogP contribution in [0.4, 0.5) is 0 Å². The fourth-order valence-corrected chi connectivity index (χ4v) is 1.31. The van der Waals surface area contributed by atoms with Crippen molar-refractivity contribution in [1.82, 2.24) is 0 Å². The fraction of sp³-hybridized carbons (Fsp3) is 0.917. The summed E-state index contributed by atoms with van der Waals surface area (Å²) in [4.78, 5) is 11.4. The molecule has 0 saturated heterocycles. The van der Waals surface area contributed by atoms with Gasteiger partial charge < -0.3 is 4.74 Å². The van der Waals surface area contributed by atoms with Gasteiger partial charge in [-0.05, 0) is 12.3 Å². The summed E-state index contributed by atoms with van der Waals surface area (Å²) < 4.78 is 5.13. The van der Waals surface area contributed by atoms with Gasteiger partial charge in [0.2, 0.25) is 0 Å². The molecule has 0 bridgehead atoms. The zero-order chi connectivity index (χ0) is 11.7. The van der Waals surface area contributed by atoms with Crippen molar-refractivity contribution in [2.45, 2.75) is 58.1 Å². The molecule has 0 rings (SSSR count). The Bertz CT molecular complexity index is 169. The fourth-order valence-electron chi connectivity index (χ4n) is 1.24. The minimum Gasteiger partial charge on any atom is -0.465 e. The highest BCUT2D eigenvalue weighted by atomic mass is 32.1. The molecule has 0 aromatic heterocycles. The number of hydrogen-bond acceptors (Lipinski definition) is 3. The predicted octanol–water partition coefficient (Wildman–Crippen LogP) is 3.45. The van der Waals surface area contributed by atoms with Crippen LogP contribution in [0.3, 0.4) is 0 Å². The van der Waals surface area contributed by atoms with Crippen molar-refractivity contribution in [2.75, 3.05) is 6.61 Å². The van der Waals surface area contributed by atoms with Crippen molar-refractivity contribution in [3.8, 4) is 0 Å². The van der Waals surface area contributed by atoms with Crippen LogP contribution in [0.15, 0.2) is 0 Å². The van der Waals surface area contributed by atoms with Crippen molar-refractivity contribution in [3.05, 3.63) is 0 Å². The van der Waals surface area contributed by atoms with Crippen molar-refractivity contribution in [1.29, 1.82) is 0 Å². The molecule has 0 aliphatic carbocycles. The molecular formula is C12H24O2S. The summed E-state index contributed by atoms with van der Waals surface area (Å²) in [6.07, 6.45) is 5.88. The van der Waals surface area contributed by atoms with Gasteiger partial charge in [0.1, 0.15) is 5.25 Å². The monoisotopic (exact) mass is 232 g/mol. The number of carbonyl (C=O) groups excluding carboxylic acids is 1. The summed E-state index contributed by atoms with van der Waals surface area (Å²) >= 11 is 4.20. The maximum atomic E-state index is 11.4. The summed E-state index contributed by atoms with van der Waals surface area (Å²) in [6.45, 7) is 6.68. The first-order valence-corrected chi connectivity index (χ1v) is 6.46. The Morgan fingerprint density at radius 2 is 1.80 bits per heavy atom. The average Bonchev–Trinajstić information content (AvgIpc) is 2.21. The van der Waals surface area contributed by atoms with Crippen LogP contribution in [-0.4, -0.2) is 17.8 Å². The SMILES string of the molecule is CCCCCCCOC(=O)C(S)C(C)C. The number of esters is 1. The van der Waals surface area contributed by atoms with Crippen LogP contribution in [0.2, 0.25) is 0 Å². The van der Waals surface area contributed by atoms with Gasteiger partial charge in [-0.1, -0.05) is 46.5 Å². The highest BCUT2D eigenvalue weighted by Gasteiger charge is 2.18. The molecule has 0 aliphatic rings. The van der Waals surface area contributed by atoms with Gasteiger partial charge in [-0.2, -0.15) is 12.6 Å². The molecule has 0 radical (unpaired) electrons. The molecule has 0 aromatic rings. The van der Waals surface area contributed by atoms with Crippen LogP contribution in [0.5, 0.6) is 0 Å². The Balaban J connectivity index is 3.39. The van der Waals surface area contributed by atoms with Crippen LogP contribution in [0, 0.1) is 5.92 Å². The zero-order valence-electron chi connectivity index (χ0n) is 10.2. The van der Waals surface area contributed by atoms with Gasteiger partial charge in [0, 0.05) is 0 Å². The topological polar surface area (TPSA) is 26.3 Å². The second kappa shape index (κ2) is 9.08. The van der Waals surface area contributed by atoms with E-state index in [1.165, 1.54) is 19.3 Å². The lowest BCUT2D eigenvalue weighted by molar-refractivity contribution is -0.143. The Hall–Kier alpha value is -0.180. The van der Waals surface area contributed by atoms with E-state index < -0.39 is 0 Å². The third-order valence-electron chi connectivity index (χ3n) is 2.37. The smallest absolute Gasteiger partial charge is 0.319 e. The van der Waals surface area contributed by atoms with Gasteiger partial charge in [0.25, 0.3) is 0 Å². The third-order valence-corrected chi connectivity index (χ3v) is 3.17. The predicted molar refractivity (Wildman–Crippen MR) is 67.3 cm³/mol. The lowest BCUT2D eigenvalue weighted by Gasteiger charge is -2.13. The van der Waals surface area contributed by atoms with E-state index in [0.717, 1.165) is 12.8 Å². The number of unbranched alkanes of at least 4 members (excludes halogenated alkanes) is 4. The van der Waals surface area contributed by atoms with Gasteiger partial charge in [-0.15, -0.1) is 0 Å². The van der Waals surface area contributed by atoms with E-state index in [0.29, 0.717) is 6.61 Å². The number of thiol groups is 1. The van der Waals surface area contributed by atoms with Gasteiger partial charge in [0.05, 0.1) is 6.61 Å². The molecule has 1 atom stereocenters. The van der Waals surface area contributed by atoms with Crippen LogP contribution < -0.4 is 0 Å². The van der Waals surface area contributed by atoms with Crippen LogP contribution in [0.25, 0.3) is 0 Å². The summed E-state index contributed by atoms with van der Waals surface area (Å²) in [5, 5.41) is -0.277. The molecular weight excluding hydrogens is 208 g/mol. The summed E-state index contributed by atoms with van der Waals surface area (Å²) in [7, 11) is 0. The Labute approximate surface area is 99.2 Å². The number of rotatable bonds is 8. The third kappa shape index (κ3) is 7.71. The van der Waals surface area contributed by atoms with Crippen molar-refractivity contribution in [3.63, 3.8) is 0 Å². The van der Waals surface area contributed by atoms with E-state index in [2.05, 4.69) is 19.6 Å². The molecule has 0 spiro atoms. The van der Waals surface area contributed by atoms with Crippen LogP contribution in [0.1, 0.15) is 52.9 Å². The molecule has 3 heteroatoms. The van der Waals surface area contributed by atoms with Crippen molar-refractivity contribution < 1.29 is 9.53 Å². The quantitative estimate of drug-likeness (QED) is 0.394. The van der Waals surface area contributed by atoms with Gasteiger partial charge >= 0.3 is 5.97 Å². The first kappa shape index (κ1) is 14.8. The Kier molecular flexibility index (Phi) is 8.97. The highest BCUT2D eigenvalue weighted by molar-refractivity contribution is 7.81. The summed E-state index contributed by atoms with van der Waals surface area (Å²) in [6, 6.07) is 0. The second-order valence-electron chi connectivity index (χ2n) is 4.27. The Morgan fingerprint density at radius 1 is 1.20 bits per heavy atom. The molecule has 0 aliphatic heterocycles. The number of carbonyl (C=O) groups is 1. The van der Waals surface area contributed by atoms with Gasteiger partial charge in [0.15, 0.2) is 0 Å². The molecule has 0 N–H and O–H groups in total. The Morgan fingerprint density at radius 3 is 2.33 bits per heavy atom. The molecule has 0 saturated carbocycles. The number of ether oxygens (including phenoxy) is 1. The van der Waals surface area contributed by atoms with E-state index in [9.17, 15) is 4.79 Å². The lowest BCUT2D eigenvalue weighted by Crippen LogP contribution is -2.23. The largest absolute Gasteiger partial charge is 0.465 e. The van der Waals surface area contributed by atoms with Gasteiger partial charge in [-0.25, -0.2) is 0 Å². The molecule has 0 aromatic carbocycles. The first-order valence-electron chi connectivity index (χ1n) is 5.94. The van der Waals surface area contributed by atoms with Crippen LogP contribution in [-0.2, 0) is 9.53 Å².